The second-order valence-electron chi connectivity index (χ2n) is 5.51. The van der Waals surface area contributed by atoms with E-state index in [0.717, 1.165) is 12.1 Å². The summed E-state index contributed by atoms with van der Waals surface area (Å²) in [4.78, 5) is 12.1. The molecule has 0 aliphatic heterocycles. The maximum absolute atomic E-state index is 12.1. The highest BCUT2D eigenvalue weighted by Gasteiger charge is 2.13. The maximum Gasteiger partial charge on any atom is 0.283 e. The topological polar surface area (TPSA) is 46.9 Å². The van der Waals surface area contributed by atoms with Gasteiger partial charge in [0.15, 0.2) is 0 Å². The third-order valence-corrected chi connectivity index (χ3v) is 4.05. The van der Waals surface area contributed by atoms with Gasteiger partial charge >= 0.3 is 0 Å². The molecule has 0 bridgehead atoms. The molecule has 0 saturated carbocycles. The second-order valence-corrected chi connectivity index (χ2v) is 6.30. The van der Waals surface area contributed by atoms with Gasteiger partial charge < -0.3 is 5.32 Å². The van der Waals surface area contributed by atoms with Crippen molar-refractivity contribution in [3.8, 4) is 0 Å². The second kappa shape index (κ2) is 7.08. The molecule has 1 heterocycles. The lowest BCUT2D eigenvalue weighted by Crippen LogP contribution is -2.27. The van der Waals surface area contributed by atoms with Crippen molar-refractivity contribution in [2.24, 2.45) is 5.92 Å². The minimum absolute atomic E-state index is 0.0652. The molecule has 1 aromatic heterocycles. The van der Waals surface area contributed by atoms with Crippen LogP contribution in [-0.2, 0) is 0 Å². The normalized spacial score (nSPS) is 14.5. The number of aromatic nitrogens is 2. The first-order chi connectivity index (χ1) is 8.86. The molecule has 0 saturated heterocycles. The standard InChI is InChI=1S/C14H24BrN3O/c1-6-10(4)7-11(5)17-12-8-16-18(9(2)3)14(19)13(12)15/h8-11,17H,6-7H2,1-5H3. The van der Waals surface area contributed by atoms with Crippen LogP contribution in [0.4, 0.5) is 5.69 Å². The Morgan fingerprint density at radius 1 is 1.37 bits per heavy atom. The lowest BCUT2D eigenvalue weighted by molar-refractivity contribution is 0.481. The zero-order valence-electron chi connectivity index (χ0n) is 12.4. The summed E-state index contributed by atoms with van der Waals surface area (Å²) >= 11 is 3.38. The van der Waals surface area contributed by atoms with E-state index in [1.165, 1.54) is 11.1 Å². The molecule has 0 radical (unpaired) electrons. The Morgan fingerprint density at radius 2 is 2.00 bits per heavy atom. The van der Waals surface area contributed by atoms with Crippen LogP contribution in [0.3, 0.4) is 0 Å². The van der Waals surface area contributed by atoms with Crippen molar-refractivity contribution in [3.05, 3.63) is 21.0 Å². The van der Waals surface area contributed by atoms with Crippen LogP contribution >= 0.6 is 15.9 Å². The van der Waals surface area contributed by atoms with E-state index >= 15 is 0 Å². The number of rotatable bonds is 6. The molecule has 1 aromatic rings. The third kappa shape index (κ3) is 4.34. The molecule has 0 aromatic carbocycles. The van der Waals surface area contributed by atoms with Crippen LogP contribution in [0, 0.1) is 5.92 Å². The molecule has 0 fully saturated rings. The van der Waals surface area contributed by atoms with Gasteiger partial charge in [-0.3, -0.25) is 4.79 Å². The maximum atomic E-state index is 12.1. The fourth-order valence-corrected chi connectivity index (χ4v) is 2.41. The highest BCUT2D eigenvalue weighted by atomic mass is 79.9. The molecule has 2 atom stereocenters. The average molecular weight is 330 g/mol. The molecule has 2 unspecified atom stereocenters. The largest absolute Gasteiger partial charge is 0.380 e. The van der Waals surface area contributed by atoms with Gasteiger partial charge in [0.05, 0.1) is 17.9 Å². The molecular formula is C14H24BrN3O. The summed E-state index contributed by atoms with van der Waals surface area (Å²) in [6, 6.07) is 0.387. The quantitative estimate of drug-likeness (QED) is 0.862. The van der Waals surface area contributed by atoms with E-state index in [1.807, 2.05) is 13.8 Å². The third-order valence-electron chi connectivity index (χ3n) is 3.29. The molecule has 0 spiro atoms. The van der Waals surface area contributed by atoms with Crippen LogP contribution in [0.5, 0.6) is 0 Å². The first-order valence-electron chi connectivity index (χ1n) is 6.90. The van der Waals surface area contributed by atoms with E-state index in [4.69, 9.17) is 0 Å². The molecule has 0 aliphatic carbocycles. The predicted octanol–water partition coefficient (Wildman–Crippen LogP) is 3.82. The number of nitrogens with zero attached hydrogens (tertiary/aromatic N) is 2. The van der Waals surface area contributed by atoms with Crippen LogP contribution in [0.15, 0.2) is 15.5 Å². The van der Waals surface area contributed by atoms with Crippen LogP contribution in [0.1, 0.15) is 53.5 Å². The number of hydrogen-bond donors (Lipinski definition) is 1. The molecular weight excluding hydrogens is 306 g/mol. The Morgan fingerprint density at radius 3 is 2.53 bits per heavy atom. The van der Waals surface area contributed by atoms with Gasteiger partial charge in [-0.1, -0.05) is 20.3 Å². The lowest BCUT2D eigenvalue weighted by Gasteiger charge is -2.20. The Balaban J connectivity index is 2.86. The molecule has 108 valence electrons. The van der Waals surface area contributed by atoms with E-state index in [2.05, 4.69) is 47.1 Å². The first kappa shape index (κ1) is 16.2. The predicted molar refractivity (Wildman–Crippen MR) is 83.7 cm³/mol. The SMILES string of the molecule is CCC(C)CC(C)Nc1cnn(C(C)C)c(=O)c1Br. The molecule has 1 rings (SSSR count). The molecule has 1 N–H and O–H groups in total. The van der Waals surface area contributed by atoms with Gasteiger partial charge in [0, 0.05) is 6.04 Å². The van der Waals surface area contributed by atoms with Crippen LogP contribution in [-0.4, -0.2) is 15.8 Å². The summed E-state index contributed by atoms with van der Waals surface area (Å²) in [6.45, 7) is 10.5. The number of halogens is 1. The zero-order chi connectivity index (χ0) is 14.6. The van der Waals surface area contributed by atoms with Crippen molar-refractivity contribution < 1.29 is 0 Å². The fraction of sp³-hybridized carbons (Fsp3) is 0.714. The highest BCUT2D eigenvalue weighted by molar-refractivity contribution is 9.10. The van der Waals surface area contributed by atoms with E-state index in [-0.39, 0.29) is 11.6 Å². The van der Waals surface area contributed by atoms with Gasteiger partial charge in [-0.25, -0.2) is 4.68 Å². The zero-order valence-corrected chi connectivity index (χ0v) is 14.0. The number of anilines is 1. The summed E-state index contributed by atoms with van der Waals surface area (Å²) in [7, 11) is 0. The van der Waals surface area contributed by atoms with Crippen molar-refractivity contribution in [1.29, 1.82) is 0 Å². The number of hydrogen-bond acceptors (Lipinski definition) is 3. The molecule has 0 aliphatic rings. The van der Waals surface area contributed by atoms with E-state index in [9.17, 15) is 4.79 Å². The lowest BCUT2D eigenvalue weighted by atomic mass is 10.0. The van der Waals surface area contributed by atoms with Crippen LogP contribution in [0.2, 0.25) is 0 Å². The van der Waals surface area contributed by atoms with Gasteiger partial charge in [-0.15, -0.1) is 0 Å². The smallest absolute Gasteiger partial charge is 0.283 e. The van der Waals surface area contributed by atoms with Crippen LogP contribution < -0.4 is 10.9 Å². The van der Waals surface area contributed by atoms with Gasteiger partial charge in [-0.05, 0) is 49.0 Å². The summed E-state index contributed by atoms with van der Waals surface area (Å²) in [5.41, 5.74) is 0.688. The van der Waals surface area contributed by atoms with Crippen molar-refractivity contribution in [3.63, 3.8) is 0 Å². The van der Waals surface area contributed by atoms with Gasteiger partial charge in [0.25, 0.3) is 5.56 Å². The van der Waals surface area contributed by atoms with E-state index in [0.29, 0.717) is 16.4 Å². The Labute approximate surface area is 123 Å². The molecule has 5 heteroatoms. The monoisotopic (exact) mass is 329 g/mol. The Hall–Kier alpha value is -0.840. The summed E-state index contributed by atoms with van der Waals surface area (Å²) in [6.07, 6.45) is 3.97. The van der Waals surface area contributed by atoms with Gasteiger partial charge in [-0.2, -0.15) is 5.10 Å². The Kier molecular flexibility index (Phi) is 6.04. The highest BCUT2D eigenvalue weighted by Crippen LogP contribution is 2.20. The fourth-order valence-electron chi connectivity index (χ4n) is 2.01. The molecule has 19 heavy (non-hydrogen) atoms. The van der Waals surface area contributed by atoms with Crippen molar-refractivity contribution >= 4 is 21.6 Å². The van der Waals surface area contributed by atoms with Gasteiger partial charge in [0.1, 0.15) is 4.47 Å². The van der Waals surface area contributed by atoms with Gasteiger partial charge in [0.2, 0.25) is 0 Å². The average Bonchev–Trinajstić information content (AvgIpc) is 2.34. The summed E-state index contributed by atoms with van der Waals surface area (Å²) in [5.74, 6) is 0.672. The first-order valence-corrected chi connectivity index (χ1v) is 7.69. The van der Waals surface area contributed by atoms with Crippen LogP contribution in [0.25, 0.3) is 0 Å². The minimum Gasteiger partial charge on any atom is -0.380 e. The van der Waals surface area contributed by atoms with E-state index in [1.54, 1.807) is 6.20 Å². The number of nitrogens with one attached hydrogen (secondary N) is 1. The van der Waals surface area contributed by atoms with Crippen molar-refractivity contribution in [2.75, 3.05) is 5.32 Å². The van der Waals surface area contributed by atoms with Crippen molar-refractivity contribution in [1.82, 2.24) is 9.78 Å². The minimum atomic E-state index is -0.0873. The molecule has 4 nitrogen and oxygen atoms in total. The Bertz CT molecular complexity index is 470. The van der Waals surface area contributed by atoms with Crippen molar-refractivity contribution in [2.45, 2.75) is 59.5 Å². The van der Waals surface area contributed by atoms with E-state index < -0.39 is 0 Å². The summed E-state index contributed by atoms with van der Waals surface area (Å²) < 4.78 is 2.04. The molecule has 0 amide bonds. The summed E-state index contributed by atoms with van der Waals surface area (Å²) in [5, 5.41) is 7.56.